The minimum absolute atomic E-state index is 0.287. The lowest BCUT2D eigenvalue weighted by Crippen LogP contribution is -2.38. The van der Waals surface area contributed by atoms with Gasteiger partial charge in [0.15, 0.2) is 0 Å². The van der Waals surface area contributed by atoms with Crippen molar-refractivity contribution in [2.45, 2.75) is 6.42 Å². The molecule has 0 aliphatic heterocycles. The van der Waals surface area contributed by atoms with E-state index in [4.69, 9.17) is 10.2 Å². The summed E-state index contributed by atoms with van der Waals surface area (Å²) in [5.74, 6) is -1.65. The Kier molecular flexibility index (Phi) is 5.16. The molecule has 0 aliphatic carbocycles. The lowest BCUT2D eigenvalue weighted by atomic mass is 10.1. The van der Waals surface area contributed by atoms with Gasteiger partial charge in [-0.1, -0.05) is 30.3 Å². The third-order valence-electron chi connectivity index (χ3n) is 2.33. The molecule has 0 bridgehead atoms. The Morgan fingerprint density at radius 3 is 2.35 bits per heavy atom. The summed E-state index contributed by atoms with van der Waals surface area (Å²) < 4.78 is 0. The van der Waals surface area contributed by atoms with Gasteiger partial charge in [-0.25, -0.2) is 0 Å². The highest BCUT2D eigenvalue weighted by Crippen LogP contribution is 2.01. The fourth-order valence-electron chi connectivity index (χ4n) is 1.46. The van der Waals surface area contributed by atoms with Gasteiger partial charge >= 0.3 is 5.97 Å². The van der Waals surface area contributed by atoms with Gasteiger partial charge in [-0.3, -0.25) is 9.59 Å². The van der Waals surface area contributed by atoms with Gasteiger partial charge in [0.25, 0.3) is 0 Å². The molecule has 1 rings (SSSR count). The first-order valence-corrected chi connectivity index (χ1v) is 5.28. The quantitative estimate of drug-likeness (QED) is 0.737. The van der Waals surface area contributed by atoms with Gasteiger partial charge in [0, 0.05) is 6.54 Å². The predicted octanol–water partition coefficient (Wildman–Crippen LogP) is 0.135. The zero-order valence-corrected chi connectivity index (χ0v) is 9.37. The van der Waals surface area contributed by atoms with Crippen molar-refractivity contribution >= 4 is 11.9 Å². The third kappa shape index (κ3) is 4.65. The van der Waals surface area contributed by atoms with E-state index < -0.39 is 18.5 Å². The molecule has 0 saturated heterocycles. The zero-order chi connectivity index (χ0) is 12.7. The van der Waals surface area contributed by atoms with Crippen LogP contribution in [0.4, 0.5) is 0 Å². The molecular formula is C12H15NO4. The Morgan fingerprint density at radius 2 is 1.82 bits per heavy atom. The summed E-state index contributed by atoms with van der Waals surface area (Å²) in [6.45, 7) is -0.760. The van der Waals surface area contributed by atoms with Gasteiger partial charge in [0.05, 0.1) is 0 Å². The van der Waals surface area contributed by atoms with Crippen molar-refractivity contribution in [3.8, 4) is 0 Å². The number of carbonyl (C=O) groups is 2. The monoisotopic (exact) mass is 237 g/mol. The minimum Gasteiger partial charge on any atom is -0.480 e. The molecule has 5 nitrogen and oxygen atoms in total. The largest absolute Gasteiger partial charge is 0.480 e. The summed E-state index contributed by atoms with van der Waals surface area (Å²) in [6.07, 6.45) is 0.569. The van der Waals surface area contributed by atoms with Crippen molar-refractivity contribution in [2.24, 2.45) is 0 Å². The lowest BCUT2D eigenvalue weighted by molar-refractivity contribution is -0.145. The van der Waals surface area contributed by atoms with E-state index >= 15 is 0 Å². The van der Waals surface area contributed by atoms with Crippen molar-refractivity contribution in [1.82, 2.24) is 4.90 Å². The number of carboxylic acids is 1. The van der Waals surface area contributed by atoms with Gasteiger partial charge in [-0.2, -0.15) is 0 Å². The van der Waals surface area contributed by atoms with Crippen molar-refractivity contribution < 1.29 is 19.8 Å². The van der Waals surface area contributed by atoms with E-state index in [1.54, 1.807) is 0 Å². The van der Waals surface area contributed by atoms with E-state index in [0.29, 0.717) is 6.42 Å². The highest BCUT2D eigenvalue weighted by Gasteiger charge is 2.15. The van der Waals surface area contributed by atoms with E-state index in [1.807, 2.05) is 30.3 Å². The van der Waals surface area contributed by atoms with Gasteiger partial charge in [-0.15, -0.1) is 0 Å². The number of carboxylic acid groups (broad SMARTS) is 1. The molecule has 0 atom stereocenters. The second-order valence-electron chi connectivity index (χ2n) is 3.60. The number of nitrogens with zero attached hydrogens (tertiary/aromatic N) is 1. The number of carbonyl (C=O) groups excluding carboxylic acids is 1. The molecular weight excluding hydrogens is 222 g/mol. The van der Waals surface area contributed by atoms with Gasteiger partial charge in [-0.05, 0) is 12.0 Å². The van der Waals surface area contributed by atoms with Crippen LogP contribution in [0.1, 0.15) is 5.56 Å². The topological polar surface area (TPSA) is 77.8 Å². The minimum atomic E-state index is -1.08. The second kappa shape index (κ2) is 6.65. The Hall–Kier alpha value is -1.88. The maximum absolute atomic E-state index is 11.3. The molecule has 92 valence electrons. The first-order valence-electron chi connectivity index (χ1n) is 5.28. The van der Waals surface area contributed by atoms with Crippen molar-refractivity contribution in [2.75, 3.05) is 19.7 Å². The van der Waals surface area contributed by atoms with Gasteiger partial charge in [0.2, 0.25) is 5.91 Å². The summed E-state index contributed by atoms with van der Waals surface area (Å²) >= 11 is 0. The van der Waals surface area contributed by atoms with Crippen molar-refractivity contribution in [3.63, 3.8) is 0 Å². The van der Waals surface area contributed by atoms with E-state index in [1.165, 1.54) is 0 Å². The number of aliphatic carboxylic acids is 1. The second-order valence-corrected chi connectivity index (χ2v) is 3.60. The fourth-order valence-corrected chi connectivity index (χ4v) is 1.46. The molecule has 1 amide bonds. The molecule has 2 N–H and O–H groups in total. The Balaban J connectivity index is 2.55. The van der Waals surface area contributed by atoms with E-state index in [2.05, 4.69) is 0 Å². The van der Waals surface area contributed by atoms with Crippen LogP contribution in [0.25, 0.3) is 0 Å². The number of hydrogen-bond acceptors (Lipinski definition) is 3. The highest BCUT2D eigenvalue weighted by molar-refractivity contribution is 5.82. The number of rotatable bonds is 6. The smallest absolute Gasteiger partial charge is 0.323 e. The Labute approximate surface area is 99.3 Å². The highest BCUT2D eigenvalue weighted by atomic mass is 16.4. The van der Waals surface area contributed by atoms with Crippen LogP contribution in [-0.2, 0) is 16.0 Å². The molecule has 5 heteroatoms. The van der Waals surface area contributed by atoms with Gasteiger partial charge < -0.3 is 15.1 Å². The molecule has 0 radical (unpaired) electrons. The number of amides is 1. The van der Waals surface area contributed by atoms with E-state index in [-0.39, 0.29) is 13.1 Å². The van der Waals surface area contributed by atoms with Crippen molar-refractivity contribution in [1.29, 1.82) is 0 Å². The predicted molar refractivity (Wildman–Crippen MR) is 61.4 cm³/mol. The lowest BCUT2D eigenvalue weighted by Gasteiger charge is -2.19. The number of hydrogen-bond donors (Lipinski definition) is 2. The number of benzene rings is 1. The summed E-state index contributed by atoms with van der Waals surface area (Å²) in [4.78, 5) is 23.0. The standard InChI is InChI=1S/C12H15NO4/c14-9-11(15)13(8-12(16)17)7-6-10-4-2-1-3-5-10/h1-5,14H,6-9H2,(H,16,17). The number of aliphatic hydroxyl groups is 1. The fraction of sp³-hybridized carbons (Fsp3) is 0.333. The van der Waals surface area contributed by atoms with E-state index in [0.717, 1.165) is 10.5 Å². The third-order valence-corrected chi connectivity index (χ3v) is 2.33. The molecule has 1 aromatic carbocycles. The van der Waals surface area contributed by atoms with Crippen LogP contribution in [-0.4, -0.2) is 46.7 Å². The Bertz CT molecular complexity index is 377. The SMILES string of the molecule is O=C(O)CN(CCc1ccccc1)C(=O)CO. The summed E-state index contributed by atoms with van der Waals surface area (Å²) in [5.41, 5.74) is 1.02. The van der Waals surface area contributed by atoms with Crippen LogP contribution < -0.4 is 0 Å². The maximum atomic E-state index is 11.3. The van der Waals surface area contributed by atoms with Gasteiger partial charge in [0.1, 0.15) is 13.2 Å². The number of aliphatic hydroxyl groups excluding tert-OH is 1. The summed E-state index contributed by atoms with van der Waals surface area (Å²) in [5, 5.41) is 17.4. The molecule has 0 aromatic heterocycles. The molecule has 0 spiro atoms. The maximum Gasteiger partial charge on any atom is 0.323 e. The molecule has 0 heterocycles. The normalized spacial score (nSPS) is 9.94. The van der Waals surface area contributed by atoms with Crippen LogP contribution in [0.3, 0.4) is 0 Å². The Morgan fingerprint density at radius 1 is 1.18 bits per heavy atom. The first-order chi connectivity index (χ1) is 8.13. The zero-order valence-electron chi connectivity index (χ0n) is 9.37. The molecule has 17 heavy (non-hydrogen) atoms. The van der Waals surface area contributed by atoms with Crippen LogP contribution >= 0.6 is 0 Å². The van der Waals surface area contributed by atoms with Crippen LogP contribution in [0.15, 0.2) is 30.3 Å². The molecule has 0 unspecified atom stereocenters. The summed E-state index contributed by atoms with van der Waals surface area (Å²) in [7, 11) is 0. The van der Waals surface area contributed by atoms with Crippen LogP contribution in [0.5, 0.6) is 0 Å². The molecule has 0 aliphatic rings. The average molecular weight is 237 g/mol. The molecule has 0 fully saturated rings. The van der Waals surface area contributed by atoms with Crippen LogP contribution in [0.2, 0.25) is 0 Å². The summed E-state index contributed by atoms with van der Waals surface area (Å²) in [6, 6.07) is 9.46. The van der Waals surface area contributed by atoms with Crippen molar-refractivity contribution in [3.05, 3.63) is 35.9 Å². The average Bonchev–Trinajstić information content (AvgIpc) is 2.34. The molecule has 0 saturated carbocycles. The molecule has 1 aromatic rings. The first kappa shape index (κ1) is 13.2. The van der Waals surface area contributed by atoms with E-state index in [9.17, 15) is 9.59 Å². The van der Waals surface area contributed by atoms with Crippen LogP contribution in [0, 0.1) is 0 Å².